The number of carboxylic acids is 2. The van der Waals surface area contributed by atoms with Gasteiger partial charge in [0.25, 0.3) is 5.91 Å². The van der Waals surface area contributed by atoms with Gasteiger partial charge in [-0.1, -0.05) is 6.92 Å². The fraction of sp³-hybridized carbons (Fsp3) is 0.455. The maximum atomic E-state index is 11.9. The van der Waals surface area contributed by atoms with Crippen molar-refractivity contribution in [3.63, 3.8) is 0 Å². The number of carbonyl (C=O) groups excluding carboxylic acids is 1. The highest BCUT2D eigenvalue weighted by molar-refractivity contribution is 5.96. The van der Waals surface area contributed by atoms with Crippen LogP contribution in [-0.2, 0) is 23.1 Å². The predicted octanol–water partition coefficient (Wildman–Crippen LogP) is -0.360. The fourth-order valence-electron chi connectivity index (χ4n) is 1.52. The van der Waals surface area contributed by atoms with Crippen molar-refractivity contribution in [3.05, 3.63) is 17.5 Å². The van der Waals surface area contributed by atoms with Gasteiger partial charge in [0.05, 0.1) is 12.1 Å². The first-order chi connectivity index (χ1) is 8.85. The van der Waals surface area contributed by atoms with Crippen LogP contribution in [0.25, 0.3) is 0 Å². The molecular weight excluding hydrogens is 254 g/mol. The average Bonchev–Trinajstić information content (AvgIpc) is 2.69. The Morgan fingerprint density at radius 1 is 1.42 bits per heavy atom. The van der Waals surface area contributed by atoms with Gasteiger partial charge in [0.2, 0.25) is 0 Å². The van der Waals surface area contributed by atoms with E-state index in [1.54, 1.807) is 7.05 Å². The van der Waals surface area contributed by atoms with Crippen molar-refractivity contribution in [2.75, 3.05) is 0 Å². The van der Waals surface area contributed by atoms with E-state index in [0.29, 0.717) is 12.1 Å². The van der Waals surface area contributed by atoms with Crippen LogP contribution in [-0.4, -0.2) is 43.9 Å². The van der Waals surface area contributed by atoms with Crippen LogP contribution >= 0.6 is 0 Å². The molecule has 0 aromatic carbocycles. The predicted molar refractivity (Wildman–Crippen MR) is 63.7 cm³/mol. The Balaban J connectivity index is 2.84. The maximum absolute atomic E-state index is 11.9. The molecule has 0 bridgehead atoms. The topological polar surface area (TPSA) is 122 Å². The number of aromatic nitrogens is 2. The van der Waals surface area contributed by atoms with E-state index in [2.05, 4.69) is 10.4 Å². The van der Waals surface area contributed by atoms with Gasteiger partial charge in [-0.2, -0.15) is 5.10 Å². The molecule has 1 aromatic heterocycles. The number of aliphatic carboxylic acids is 2. The Hall–Kier alpha value is -2.38. The molecule has 0 fully saturated rings. The maximum Gasteiger partial charge on any atom is 0.326 e. The SMILES string of the molecule is CCc1cc(C(=O)N[C@@H](CC(=O)O)C(=O)O)n(C)n1. The summed E-state index contributed by atoms with van der Waals surface area (Å²) in [5.41, 5.74) is 0.881. The number of nitrogens with zero attached hydrogens (tertiary/aromatic N) is 2. The molecule has 1 atom stereocenters. The molecule has 0 saturated carbocycles. The van der Waals surface area contributed by atoms with Gasteiger partial charge >= 0.3 is 11.9 Å². The van der Waals surface area contributed by atoms with Crippen LogP contribution in [0.2, 0.25) is 0 Å². The first-order valence-electron chi connectivity index (χ1n) is 5.63. The van der Waals surface area contributed by atoms with Gasteiger partial charge in [-0.05, 0) is 12.5 Å². The Morgan fingerprint density at radius 2 is 2.05 bits per heavy atom. The average molecular weight is 269 g/mol. The largest absolute Gasteiger partial charge is 0.481 e. The van der Waals surface area contributed by atoms with E-state index in [1.807, 2.05) is 6.92 Å². The van der Waals surface area contributed by atoms with Crippen molar-refractivity contribution in [3.8, 4) is 0 Å². The summed E-state index contributed by atoms with van der Waals surface area (Å²) in [6, 6.07) is 0.0691. The summed E-state index contributed by atoms with van der Waals surface area (Å²) in [7, 11) is 1.56. The Kier molecular flexibility index (Phi) is 4.62. The van der Waals surface area contributed by atoms with Crippen LogP contribution < -0.4 is 5.32 Å². The standard InChI is InChI=1S/C11H15N3O5/c1-3-6-4-8(14(2)13-6)10(17)12-7(11(18)19)5-9(15)16/h4,7H,3,5H2,1-2H3,(H,12,17)(H,15,16)(H,18,19)/t7-/m0/s1. The first kappa shape index (κ1) is 14.7. The molecule has 0 saturated heterocycles. The number of carbonyl (C=O) groups is 3. The molecule has 0 aliphatic carbocycles. The third-order valence-electron chi connectivity index (χ3n) is 2.51. The van der Waals surface area contributed by atoms with Crippen molar-refractivity contribution in [1.82, 2.24) is 15.1 Å². The Labute approximate surface area is 109 Å². The molecule has 0 spiro atoms. The lowest BCUT2D eigenvalue weighted by Gasteiger charge is -2.12. The summed E-state index contributed by atoms with van der Waals surface area (Å²) in [6.07, 6.45) is -0.0435. The zero-order valence-electron chi connectivity index (χ0n) is 10.6. The van der Waals surface area contributed by atoms with Crippen molar-refractivity contribution < 1.29 is 24.6 Å². The summed E-state index contributed by atoms with van der Waals surface area (Å²) in [5, 5.41) is 23.6. The van der Waals surface area contributed by atoms with Gasteiger partial charge in [-0.25, -0.2) is 4.79 Å². The summed E-state index contributed by atoms with van der Waals surface area (Å²) >= 11 is 0. The van der Waals surface area contributed by atoms with Gasteiger partial charge in [0, 0.05) is 7.05 Å². The number of nitrogens with one attached hydrogen (secondary N) is 1. The second kappa shape index (κ2) is 5.98. The van der Waals surface area contributed by atoms with Crippen LogP contribution in [0.5, 0.6) is 0 Å². The molecule has 0 aliphatic rings. The number of hydrogen-bond donors (Lipinski definition) is 3. The minimum Gasteiger partial charge on any atom is -0.481 e. The van der Waals surface area contributed by atoms with Crippen molar-refractivity contribution in [1.29, 1.82) is 0 Å². The summed E-state index contributed by atoms with van der Waals surface area (Å²) in [5.74, 6) is -3.36. The molecule has 19 heavy (non-hydrogen) atoms. The number of aryl methyl sites for hydroxylation is 2. The summed E-state index contributed by atoms with van der Waals surface area (Å²) in [6.45, 7) is 1.87. The molecule has 1 heterocycles. The molecule has 1 amide bonds. The fourth-order valence-corrected chi connectivity index (χ4v) is 1.52. The second-order valence-corrected chi connectivity index (χ2v) is 3.96. The van der Waals surface area contributed by atoms with Crippen LogP contribution in [0.4, 0.5) is 0 Å². The summed E-state index contributed by atoms with van der Waals surface area (Å²) < 4.78 is 1.33. The van der Waals surface area contributed by atoms with Crippen molar-refractivity contribution in [2.24, 2.45) is 7.05 Å². The number of rotatable bonds is 6. The minimum atomic E-state index is -1.47. The van der Waals surface area contributed by atoms with E-state index in [-0.39, 0.29) is 5.69 Å². The second-order valence-electron chi connectivity index (χ2n) is 3.96. The molecule has 0 aliphatic heterocycles. The minimum absolute atomic E-state index is 0.188. The number of hydrogen-bond acceptors (Lipinski definition) is 4. The lowest BCUT2D eigenvalue weighted by Crippen LogP contribution is -2.42. The molecule has 1 aromatic rings. The van der Waals surface area contributed by atoms with Gasteiger partial charge in [-0.3, -0.25) is 14.3 Å². The van der Waals surface area contributed by atoms with Crippen molar-refractivity contribution in [2.45, 2.75) is 25.8 Å². The lowest BCUT2D eigenvalue weighted by atomic mass is 10.2. The highest BCUT2D eigenvalue weighted by atomic mass is 16.4. The third kappa shape index (κ3) is 3.80. The molecule has 104 valence electrons. The van der Waals surface area contributed by atoms with E-state index in [4.69, 9.17) is 10.2 Å². The first-order valence-corrected chi connectivity index (χ1v) is 5.63. The third-order valence-corrected chi connectivity index (χ3v) is 2.51. The van der Waals surface area contributed by atoms with Gasteiger partial charge in [0.15, 0.2) is 0 Å². The molecule has 1 rings (SSSR count). The lowest BCUT2D eigenvalue weighted by molar-refractivity contribution is -0.145. The van der Waals surface area contributed by atoms with Crippen LogP contribution in [0, 0.1) is 0 Å². The van der Waals surface area contributed by atoms with Crippen LogP contribution in [0.15, 0.2) is 6.07 Å². The van der Waals surface area contributed by atoms with Gasteiger partial charge in [-0.15, -0.1) is 0 Å². The van der Waals surface area contributed by atoms with E-state index in [9.17, 15) is 14.4 Å². The van der Waals surface area contributed by atoms with Gasteiger partial charge in [0.1, 0.15) is 11.7 Å². The highest BCUT2D eigenvalue weighted by Crippen LogP contribution is 2.05. The van der Waals surface area contributed by atoms with E-state index in [0.717, 1.165) is 0 Å². The van der Waals surface area contributed by atoms with E-state index >= 15 is 0 Å². The van der Waals surface area contributed by atoms with E-state index < -0.39 is 30.3 Å². The monoisotopic (exact) mass is 269 g/mol. The molecule has 8 nitrogen and oxygen atoms in total. The molecule has 8 heteroatoms. The highest BCUT2D eigenvalue weighted by Gasteiger charge is 2.24. The van der Waals surface area contributed by atoms with Gasteiger partial charge < -0.3 is 15.5 Å². The summed E-state index contributed by atoms with van der Waals surface area (Å²) in [4.78, 5) is 33.2. The zero-order chi connectivity index (χ0) is 14.6. The van der Waals surface area contributed by atoms with Crippen LogP contribution in [0.3, 0.4) is 0 Å². The Bertz CT molecular complexity index is 508. The van der Waals surface area contributed by atoms with Crippen molar-refractivity contribution >= 4 is 17.8 Å². The number of amides is 1. The van der Waals surface area contributed by atoms with E-state index in [1.165, 1.54) is 10.7 Å². The normalized spacial score (nSPS) is 11.9. The Morgan fingerprint density at radius 3 is 2.47 bits per heavy atom. The molecular formula is C11H15N3O5. The van der Waals surface area contributed by atoms with Crippen LogP contribution in [0.1, 0.15) is 29.5 Å². The zero-order valence-corrected chi connectivity index (χ0v) is 10.6. The smallest absolute Gasteiger partial charge is 0.326 e. The number of carboxylic acid groups (broad SMARTS) is 2. The molecule has 3 N–H and O–H groups in total. The quantitative estimate of drug-likeness (QED) is 0.648. The molecule has 0 radical (unpaired) electrons. The molecule has 0 unspecified atom stereocenters.